The van der Waals surface area contributed by atoms with Gasteiger partial charge in [-0.25, -0.2) is 0 Å². The molecule has 0 atom stereocenters. The third kappa shape index (κ3) is 2.85. The van der Waals surface area contributed by atoms with E-state index in [9.17, 15) is 4.79 Å². The molecule has 1 N–H and O–H groups in total. The molecule has 0 unspecified atom stereocenters. The fraction of sp³-hybridized carbons (Fsp3) is 0.429. The van der Waals surface area contributed by atoms with Crippen LogP contribution in [0, 0.1) is 11.3 Å². The zero-order chi connectivity index (χ0) is 14.0. The van der Waals surface area contributed by atoms with Gasteiger partial charge in [-0.3, -0.25) is 9.69 Å². The van der Waals surface area contributed by atoms with Crippen molar-refractivity contribution in [2.24, 2.45) is 0 Å². The Hall–Kier alpha value is -2.06. The van der Waals surface area contributed by atoms with E-state index in [0.717, 1.165) is 5.56 Å². The molecule has 19 heavy (non-hydrogen) atoms. The number of nitrogens with one attached hydrogen (secondary N) is 1. The molecular weight excluding hydrogens is 242 g/mol. The molecule has 5 heteroatoms. The Morgan fingerprint density at radius 1 is 1.53 bits per heavy atom. The summed E-state index contributed by atoms with van der Waals surface area (Å²) in [6.07, 6.45) is 0. The Morgan fingerprint density at radius 3 is 2.95 bits per heavy atom. The molecule has 0 saturated carbocycles. The number of nitriles is 1. The summed E-state index contributed by atoms with van der Waals surface area (Å²) in [5.41, 5.74) is 1.18. The van der Waals surface area contributed by atoms with Crippen LogP contribution in [0.25, 0.3) is 0 Å². The Morgan fingerprint density at radius 2 is 2.26 bits per heavy atom. The molecule has 100 valence electrons. The predicted octanol–water partition coefficient (Wildman–Crippen LogP) is 1.75. The monoisotopic (exact) mass is 259 g/mol. The Kier molecular flexibility index (Phi) is 3.45. The van der Waals surface area contributed by atoms with Crippen molar-refractivity contribution in [1.29, 1.82) is 5.26 Å². The number of ether oxygens (including phenoxy) is 1. The van der Waals surface area contributed by atoms with Gasteiger partial charge in [0.15, 0.2) is 6.61 Å². The van der Waals surface area contributed by atoms with Crippen LogP contribution in [0.4, 0.5) is 5.69 Å². The van der Waals surface area contributed by atoms with E-state index in [1.807, 2.05) is 44.0 Å². The van der Waals surface area contributed by atoms with Crippen molar-refractivity contribution in [2.75, 3.05) is 19.0 Å². The van der Waals surface area contributed by atoms with Gasteiger partial charge in [-0.15, -0.1) is 0 Å². The second-order valence-corrected chi connectivity index (χ2v) is 5.19. The molecule has 1 aromatic carbocycles. The first-order chi connectivity index (χ1) is 8.92. The highest BCUT2D eigenvalue weighted by Gasteiger charge is 2.23. The summed E-state index contributed by atoms with van der Waals surface area (Å²) in [4.78, 5) is 13.2. The molecule has 0 radical (unpaired) electrons. The number of benzene rings is 1. The quantitative estimate of drug-likeness (QED) is 0.898. The topological polar surface area (TPSA) is 65.4 Å². The van der Waals surface area contributed by atoms with Crippen molar-refractivity contribution in [3.8, 4) is 11.8 Å². The van der Waals surface area contributed by atoms with Crippen molar-refractivity contribution in [1.82, 2.24) is 4.90 Å². The Labute approximate surface area is 112 Å². The van der Waals surface area contributed by atoms with E-state index in [2.05, 4.69) is 11.4 Å². The number of anilines is 1. The molecule has 1 heterocycles. The van der Waals surface area contributed by atoms with Crippen LogP contribution in [-0.2, 0) is 11.3 Å². The summed E-state index contributed by atoms with van der Waals surface area (Å²) in [7, 11) is 1.90. The third-order valence-corrected chi connectivity index (χ3v) is 3.32. The van der Waals surface area contributed by atoms with Gasteiger partial charge in [0.25, 0.3) is 5.91 Å². The fourth-order valence-electron chi connectivity index (χ4n) is 1.79. The van der Waals surface area contributed by atoms with E-state index in [1.54, 1.807) is 0 Å². The van der Waals surface area contributed by atoms with Gasteiger partial charge in [0.05, 0.1) is 11.8 Å². The van der Waals surface area contributed by atoms with E-state index in [1.165, 1.54) is 0 Å². The lowest BCUT2D eigenvalue weighted by atomic mass is 10.0. The van der Waals surface area contributed by atoms with Gasteiger partial charge in [0, 0.05) is 6.54 Å². The van der Waals surface area contributed by atoms with Crippen molar-refractivity contribution in [3.63, 3.8) is 0 Å². The largest absolute Gasteiger partial charge is 0.482 e. The maximum absolute atomic E-state index is 11.3. The zero-order valence-corrected chi connectivity index (χ0v) is 11.4. The standard InChI is InChI=1S/C14H17N3O2/c1-14(2,9-15)17(3)7-10-4-5-12-11(6-10)16-13(18)8-19-12/h4-6H,7-8H2,1-3H3,(H,16,18). The van der Waals surface area contributed by atoms with E-state index >= 15 is 0 Å². The molecule has 0 aromatic heterocycles. The highest BCUT2D eigenvalue weighted by molar-refractivity contribution is 5.95. The second kappa shape index (κ2) is 4.90. The molecule has 0 spiro atoms. The van der Waals surface area contributed by atoms with Gasteiger partial charge in [-0.05, 0) is 38.6 Å². The van der Waals surface area contributed by atoms with Crippen LogP contribution in [-0.4, -0.2) is 30.0 Å². The highest BCUT2D eigenvalue weighted by Crippen LogP contribution is 2.29. The third-order valence-electron chi connectivity index (χ3n) is 3.32. The number of carbonyl (C=O) groups excluding carboxylic acids is 1. The molecule has 2 rings (SSSR count). The first kappa shape index (κ1) is 13.4. The summed E-state index contributed by atoms with van der Waals surface area (Å²) >= 11 is 0. The molecule has 0 saturated heterocycles. The number of nitrogens with zero attached hydrogens (tertiary/aromatic N) is 2. The van der Waals surface area contributed by atoms with Crippen molar-refractivity contribution < 1.29 is 9.53 Å². The van der Waals surface area contributed by atoms with Crippen LogP contribution in [0.15, 0.2) is 18.2 Å². The maximum Gasteiger partial charge on any atom is 0.262 e. The summed E-state index contributed by atoms with van der Waals surface area (Å²) in [6.45, 7) is 4.43. The van der Waals surface area contributed by atoms with Crippen LogP contribution >= 0.6 is 0 Å². The summed E-state index contributed by atoms with van der Waals surface area (Å²) in [6, 6.07) is 7.94. The number of hydrogen-bond donors (Lipinski definition) is 1. The number of fused-ring (bicyclic) bond motifs is 1. The first-order valence-electron chi connectivity index (χ1n) is 6.10. The Bertz CT molecular complexity index is 546. The molecule has 0 aliphatic carbocycles. The van der Waals surface area contributed by atoms with E-state index in [0.29, 0.717) is 18.0 Å². The average molecular weight is 259 g/mol. The number of amides is 1. The summed E-state index contributed by atoms with van der Waals surface area (Å²) in [5.74, 6) is 0.543. The average Bonchev–Trinajstić information content (AvgIpc) is 2.38. The second-order valence-electron chi connectivity index (χ2n) is 5.19. The molecule has 1 aliphatic rings. The van der Waals surface area contributed by atoms with E-state index < -0.39 is 5.54 Å². The smallest absolute Gasteiger partial charge is 0.262 e. The van der Waals surface area contributed by atoms with Crippen molar-refractivity contribution in [3.05, 3.63) is 23.8 Å². The van der Waals surface area contributed by atoms with Gasteiger partial charge in [0.2, 0.25) is 0 Å². The van der Waals surface area contributed by atoms with Crippen LogP contribution in [0.3, 0.4) is 0 Å². The van der Waals surface area contributed by atoms with Crippen LogP contribution < -0.4 is 10.1 Å². The van der Waals surface area contributed by atoms with Crippen LogP contribution in [0.5, 0.6) is 5.75 Å². The van der Waals surface area contributed by atoms with E-state index in [4.69, 9.17) is 10.00 Å². The number of carbonyl (C=O) groups is 1. The van der Waals surface area contributed by atoms with Crippen molar-refractivity contribution in [2.45, 2.75) is 25.9 Å². The molecule has 1 amide bonds. The molecule has 1 aliphatic heterocycles. The first-order valence-corrected chi connectivity index (χ1v) is 6.10. The van der Waals surface area contributed by atoms with Crippen LogP contribution in [0.2, 0.25) is 0 Å². The lowest BCUT2D eigenvalue weighted by molar-refractivity contribution is -0.118. The van der Waals surface area contributed by atoms with Gasteiger partial charge in [-0.1, -0.05) is 6.07 Å². The zero-order valence-electron chi connectivity index (χ0n) is 11.4. The minimum atomic E-state index is -0.532. The van der Waals surface area contributed by atoms with Gasteiger partial charge in [-0.2, -0.15) is 5.26 Å². The lowest BCUT2D eigenvalue weighted by Gasteiger charge is -2.29. The van der Waals surface area contributed by atoms with E-state index in [-0.39, 0.29) is 12.5 Å². The normalized spacial score (nSPS) is 14.4. The minimum Gasteiger partial charge on any atom is -0.482 e. The predicted molar refractivity (Wildman–Crippen MR) is 71.7 cm³/mol. The SMILES string of the molecule is CN(Cc1ccc2c(c1)NC(=O)CO2)C(C)(C)C#N. The Balaban J connectivity index is 2.17. The lowest BCUT2D eigenvalue weighted by Crippen LogP contribution is -2.39. The number of rotatable bonds is 3. The molecule has 0 fully saturated rings. The fourth-order valence-corrected chi connectivity index (χ4v) is 1.79. The molecule has 0 bridgehead atoms. The van der Waals surface area contributed by atoms with Gasteiger partial charge < -0.3 is 10.1 Å². The van der Waals surface area contributed by atoms with Gasteiger partial charge in [0.1, 0.15) is 11.3 Å². The summed E-state index contributed by atoms with van der Waals surface area (Å²) < 4.78 is 5.31. The number of hydrogen-bond acceptors (Lipinski definition) is 4. The minimum absolute atomic E-state index is 0.0632. The molecular formula is C14H17N3O2. The molecule has 5 nitrogen and oxygen atoms in total. The van der Waals surface area contributed by atoms with Gasteiger partial charge >= 0.3 is 0 Å². The summed E-state index contributed by atoms with van der Waals surface area (Å²) in [5, 5.41) is 11.9. The molecule has 1 aromatic rings. The highest BCUT2D eigenvalue weighted by atomic mass is 16.5. The maximum atomic E-state index is 11.3. The van der Waals surface area contributed by atoms with Crippen LogP contribution in [0.1, 0.15) is 19.4 Å². The van der Waals surface area contributed by atoms with Crippen molar-refractivity contribution >= 4 is 11.6 Å².